The summed E-state index contributed by atoms with van der Waals surface area (Å²) in [6.45, 7) is 4.81. The number of aliphatic hydroxyl groups is 1. The maximum absolute atomic E-state index is 9.92. The Kier molecular flexibility index (Phi) is 3.33. The van der Waals surface area contributed by atoms with E-state index in [2.05, 4.69) is 26.0 Å². The van der Waals surface area contributed by atoms with Crippen LogP contribution in [-0.4, -0.2) is 11.2 Å². The van der Waals surface area contributed by atoms with Crippen molar-refractivity contribution in [2.45, 2.75) is 71.3 Å². The first-order chi connectivity index (χ1) is 10.1. The fourth-order valence-electron chi connectivity index (χ4n) is 6.63. The second kappa shape index (κ2) is 4.98. The average Bonchev–Trinajstić information content (AvgIpc) is 2.83. The van der Waals surface area contributed by atoms with Crippen molar-refractivity contribution in [2.24, 2.45) is 29.1 Å². The highest BCUT2D eigenvalue weighted by Crippen LogP contribution is 2.63. The van der Waals surface area contributed by atoms with Crippen LogP contribution in [-0.2, 0) is 0 Å². The fourth-order valence-corrected chi connectivity index (χ4v) is 6.63. The van der Waals surface area contributed by atoms with Crippen LogP contribution >= 0.6 is 0 Å². The van der Waals surface area contributed by atoms with Gasteiger partial charge in [0.2, 0.25) is 0 Å². The molecule has 1 N–H and O–H groups in total. The number of rotatable bonds is 0. The Balaban J connectivity index is 1.63. The van der Waals surface area contributed by atoms with Crippen molar-refractivity contribution < 1.29 is 5.11 Å². The lowest BCUT2D eigenvalue weighted by Gasteiger charge is -2.53. The van der Waals surface area contributed by atoms with Gasteiger partial charge in [0.05, 0.1) is 6.10 Å². The van der Waals surface area contributed by atoms with E-state index in [1.807, 2.05) is 0 Å². The summed E-state index contributed by atoms with van der Waals surface area (Å²) in [5.41, 5.74) is 3.89. The van der Waals surface area contributed by atoms with Crippen molar-refractivity contribution in [3.05, 3.63) is 23.3 Å². The number of fused-ring (bicyclic) bond motifs is 5. The van der Waals surface area contributed by atoms with Crippen molar-refractivity contribution in [3.63, 3.8) is 0 Å². The van der Waals surface area contributed by atoms with E-state index < -0.39 is 0 Å². The minimum Gasteiger partial charge on any atom is -0.389 e. The molecule has 0 aromatic heterocycles. The van der Waals surface area contributed by atoms with Gasteiger partial charge in [-0.1, -0.05) is 30.2 Å². The molecule has 0 saturated heterocycles. The molecule has 4 aliphatic rings. The Morgan fingerprint density at radius 1 is 1.10 bits per heavy atom. The molecular weight excluding hydrogens is 256 g/mol. The summed E-state index contributed by atoms with van der Waals surface area (Å²) in [5, 5.41) is 9.92. The number of hydrogen-bond acceptors (Lipinski definition) is 1. The van der Waals surface area contributed by atoms with E-state index in [0.29, 0.717) is 5.41 Å². The first kappa shape index (κ1) is 14.1. The number of hydrogen-bond donors (Lipinski definition) is 1. The summed E-state index contributed by atoms with van der Waals surface area (Å²) in [6.07, 6.45) is 15.0. The topological polar surface area (TPSA) is 20.2 Å². The molecule has 6 atom stereocenters. The predicted octanol–water partition coefficient (Wildman–Crippen LogP) is 4.87. The van der Waals surface area contributed by atoms with E-state index >= 15 is 0 Å². The zero-order valence-electron chi connectivity index (χ0n) is 13.6. The van der Waals surface area contributed by atoms with Gasteiger partial charge in [-0.2, -0.15) is 0 Å². The van der Waals surface area contributed by atoms with Gasteiger partial charge in [0.1, 0.15) is 0 Å². The van der Waals surface area contributed by atoms with Crippen molar-refractivity contribution in [2.75, 3.05) is 0 Å². The molecule has 4 aliphatic carbocycles. The quantitative estimate of drug-likeness (QED) is 0.630. The molecule has 0 bridgehead atoms. The largest absolute Gasteiger partial charge is 0.389 e. The van der Waals surface area contributed by atoms with Gasteiger partial charge in [-0.05, 0) is 87.4 Å². The lowest BCUT2D eigenvalue weighted by molar-refractivity contribution is 0.00827. The molecular formula is C20H30O. The summed E-state index contributed by atoms with van der Waals surface area (Å²) >= 11 is 0. The van der Waals surface area contributed by atoms with Gasteiger partial charge in [0.25, 0.3) is 0 Å². The molecule has 21 heavy (non-hydrogen) atoms. The van der Waals surface area contributed by atoms with Gasteiger partial charge in [-0.25, -0.2) is 0 Å². The Morgan fingerprint density at radius 3 is 2.76 bits per heavy atom. The summed E-state index contributed by atoms with van der Waals surface area (Å²) in [4.78, 5) is 0. The van der Waals surface area contributed by atoms with Gasteiger partial charge < -0.3 is 5.11 Å². The van der Waals surface area contributed by atoms with Crippen molar-refractivity contribution >= 4 is 0 Å². The predicted molar refractivity (Wildman–Crippen MR) is 86.8 cm³/mol. The Morgan fingerprint density at radius 2 is 1.95 bits per heavy atom. The molecule has 116 valence electrons. The van der Waals surface area contributed by atoms with Crippen LogP contribution < -0.4 is 0 Å². The van der Waals surface area contributed by atoms with E-state index in [4.69, 9.17) is 0 Å². The van der Waals surface area contributed by atoms with Gasteiger partial charge in [0, 0.05) is 0 Å². The van der Waals surface area contributed by atoms with Gasteiger partial charge in [0.15, 0.2) is 0 Å². The smallest absolute Gasteiger partial charge is 0.0723 e. The van der Waals surface area contributed by atoms with E-state index in [-0.39, 0.29) is 6.10 Å². The highest BCUT2D eigenvalue weighted by molar-refractivity contribution is 5.26. The molecule has 0 spiro atoms. The molecule has 0 aliphatic heterocycles. The molecule has 1 unspecified atom stereocenters. The summed E-state index contributed by atoms with van der Waals surface area (Å²) in [7, 11) is 0. The summed E-state index contributed by atoms with van der Waals surface area (Å²) < 4.78 is 0. The first-order valence-corrected chi connectivity index (χ1v) is 9.18. The normalized spacial score (nSPS) is 51.1. The van der Waals surface area contributed by atoms with Crippen LogP contribution in [0.4, 0.5) is 0 Å². The van der Waals surface area contributed by atoms with E-state index in [1.165, 1.54) is 44.9 Å². The second-order valence-electron chi connectivity index (χ2n) is 8.27. The average molecular weight is 286 g/mol. The van der Waals surface area contributed by atoms with Crippen LogP contribution in [0.25, 0.3) is 0 Å². The number of allylic oxidation sites excluding steroid dienone is 3. The van der Waals surface area contributed by atoms with Crippen LogP contribution in [0.15, 0.2) is 23.3 Å². The van der Waals surface area contributed by atoms with Crippen LogP contribution in [0.3, 0.4) is 0 Å². The molecule has 0 radical (unpaired) electrons. The minimum atomic E-state index is -0.150. The van der Waals surface area contributed by atoms with Crippen LogP contribution in [0.2, 0.25) is 0 Å². The fraction of sp³-hybridized carbons (Fsp3) is 0.800. The first-order valence-electron chi connectivity index (χ1n) is 9.18. The molecule has 0 heterocycles. The van der Waals surface area contributed by atoms with E-state index in [9.17, 15) is 5.11 Å². The maximum Gasteiger partial charge on any atom is 0.0723 e. The van der Waals surface area contributed by atoms with Crippen LogP contribution in [0.5, 0.6) is 0 Å². The van der Waals surface area contributed by atoms with Gasteiger partial charge >= 0.3 is 0 Å². The molecule has 4 rings (SSSR count). The maximum atomic E-state index is 9.92. The van der Waals surface area contributed by atoms with Crippen molar-refractivity contribution in [3.8, 4) is 0 Å². The molecule has 0 aromatic carbocycles. The van der Waals surface area contributed by atoms with Crippen LogP contribution in [0, 0.1) is 29.1 Å². The minimum absolute atomic E-state index is 0.150. The van der Waals surface area contributed by atoms with E-state index in [0.717, 1.165) is 30.1 Å². The van der Waals surface area contributed by atoms with Crippen molar-refractivity contribution in [1.29, 1.82) is 0 Å². The third-order valence-electron chi connectivity index (χ3n) is 7.63. The number of aliphatic hydroxyl groups excluding tert-OH is 1. The Labute approximate surface area is 129 Å². The highest BCUT2D eigenvalue weighted by atomic mass is 16.3. The molecule has 3 saturated carbocycles. The highest BCUT2D eigenvalue weighted by Gasteiger charge is 2.53. The second-order valence-corrected chi connectivity index (χ2v) is 8.27. The van der Waals surface area contributed by atoms with Gasteiger partial charge in [-0.3, -0.25) is 0 Å². The zero-order chi connectivity index (χ0) is 14.6. The van der Waals surface area contributed by atoms with Crippen molar-refractivity contribution in [1.82, 2.24) is 0 Å². The molecule has 0 amide bonds. The zero-order valence-corrected chi connectivity index (χ0v) is 13.6. The lowest BCUT2D eigenvalue weighted by Crippen LogP contribution is -2.45. The molecule has 3 fully saturated rings. The summed E-state index contributed by atoms with van der Waals surface area (Å²) in [6, 6.07) is 0. The molecule has 1 heteroatoms. The lowest BCUT2D eigenvalue weighted by atomic mass is 9.52. The monoisotopic (exact) mass is 286 g/mol. The third kappa shape index (κ3) is 2.00. The third-order valence-corrected chi connectivity index (χ3v) is 7.63. The molecule has 0 aromatic rings. The van der Waals surface area contributed by atoms with Crippen LogP contribution in [0.1, 0.15) is 65.2 Å². The Bertz CT molecular complexity index is 488. The van der Waals surface area contributed by atoms with Gasteiger partial charge in [-0.15, -0.1) is 0 Å². The standard InChI is InChI=1S/C20H30O/c1-3-14-5-9-19-18-7-4-13-12-15(21)6-8-16(13)17(18)10-11-20(14,19)2/h3,12,15-19,21H,4-11H2,1-2H3/t15?,16-,17+,18+,19-,20+/m0/s1. The Hall–Kier alpha value is -0.560. The SMILES string of the molecule is CC=C1CC[C@H]2[C@@H]3CCC4=CC(O)CC[C@@H]4[C@H]3CC[C@]12C. The molecule has 1 nitrogen and oxygen atoms in total. The van der Waals surface area contributed by atoms with E-state index in [1.54, 1.807) is 11.1 Å². The summed E-state index contributed by atoms with van der Waals surface area (Å²) in [5.74, 6) is 3.63.